The Balaban J connectivity index is 1.02. The number of nitrogens with zero attached hydrogens (tertiary/aromatic N) is 2. The Morgan fingerprint density at radius 2 is 0.559 bits per heavy atom. The third-order valence-corrected chi connectivity index (χ3v) is 22.8. The first-order valence-corrected chi connectivity index (χ1v) is 36.9. The molecular weight excluding hydrogens is 1250 g/mol. The van der Waals surface area contributed by atoms with E-state index in [0.29, 0.717) is 0 Å². The molecule has 0 saturated carbocycles. The molecule has 15 aromatic carbocycles. The van der Waals surface area contributed by atoms with Crippen molar-refractivity contribution in [3.8, 4) is 77.9 Å². The molecule has 2 aliphatic heterocycles. The Bertz CT molecular complexity index is 5810. The first-order chi connectivity index (χ1) is 49.5. The number of hydrogen-bond donors (Lipinski definition) is 0. The second-order valence-electron chi connectivity index (χ2n) is 31.1. The molecule has 0 bridgehead atoms. The molecule has 490 valence electrons. The van der Waals surface area contributed by atoms with Gasteiger partial charge in [0.1, 0.15) is 0 Å². The number of rotatable bonds is 9. The molecule has 102 heavy (non-hydrogen) atoms. The Hall–Kier alpha value is -11.3. The van der Waals surface area contributed by atoms with Crippen molar-refractivity contribution in [2.45, 2.75) is 78.6 Å². The minimum Gasteiger partial charge on any atom is -0.310 e. The molecule has 0 atom stereocenters. The molecule has 4 heteroatoms. The summed E-state index contributed by atoms with van der Waals surface area (Å²) < 4.78 is 2.59. The Morgan fingerprint density at radius 1 is 0.245 bits per heavy atom. The van der Waals surface area contributed by atoms with Crippen LogP contribution in [0.3, 0.4) is 0 Å². The average Bonchev–Trinajstić information content (AvgIpc) is 0.739. The van der Waals surface area contributed by atoms with Gasteiger partial charge in [-0.25, -0.2) is 0 Å². The fourth-order valence-electron chi connectivity index (χ4n) is 16.5. The van der Waals surface area contributed by atoms with Crippen molar-refractivity contribution < 1.29 is 0 Å². The summed E-state index contributed by atoms with van der Waals surface area (Å²) >= 11 is 1.88. The predicted octanol–water partition coefficient (Wildman–Crippen LogP) is 26.0. The standard InChI is InChI=1S/C98H79BN2S/c1-96(2,3)70-56-79(62-31-15-10-16-32-62)94(80(57-70)63-33-17-11-18-34-63)100-85-53-67(68-47-50-74-73-41-29-30-46-89(73)102-90(74)55-68)48-51-83(85)99-84-52-49-69(92-77-44-27-25-42-75(77)91(66-39-23-14-24-40-66)76-43-26-28-45-78(76)92)54-86(84)101(88-61-72(98(7,8)9)60-87(100)93(88)99)95-81(64-35-19-12-20-36-64)58-71(97(4,5)6)59-82(95)65-37-21-13-22-38-65/h10-61H,1-9H3. The molecule has 1 aromatic heterocycles. The third kappa shape index (κ3) is 10.5. The summed E-state index contributed by atoms with van der Waals surface area (Å²) in [6, 6.07) is 120. The van der Waals surface area contributed by atoms with Gasteiger partial charge in [0, 0.05) is 65.2 Å². The lowest BCUT2D eigenvalue weighted by molar-refractivity contribution is 0.590. The topological polar surface area (TPSA) is 6.48 Å². The van der Waals surface area contributed by atoms with Crippen LogP contribution in [-0.4, -0.2) is 6.71 Å². The molecule has 0 unspecified atom stereocenters. The lowest BCUT2D eigenvalue weighted by Crippen LogP contribution is -2.61. The molecule has 0 radical (unpaired) electrons. The number of anilines is 6. The van der Waals surface area contributed by atoms with Crippen LogP contribution in [0.2, 0.25) is 0 Å². The van der Waals surface area contributed by atoms with Gasteiger partial charge in [-0.2, -0.15) is 0 Å². The molecule has 0 saturated heterocycles. The highest BCUT2D eigenvalue weighted by molar-refractivity contribution is 7.25. The van der Waals surface area contributed by atoms with Crippen LogP contribution >= 0.6 is 11.3 Å². The monoisotopic (exact) mass is 1330 g/mol. The summed E-state index contributed by atoms with van der Waals surface area (Å²) in [5.74, 6) is 0. The lowest BCUT2D eigenvalue weighted by Gasteiger charge is -2.47. The highest BCUT2D eigenvalue weighted by Gasteiger charge is 2.46. The van der Waals surface area contributed by atoms with Crippen molar-refractivity contribution in [1.29, 1.82) is 0 Å². The molecule has 0 aliphatic carbocycles. The van der Waals surface area contributed by atoms with E-state index < -0.39 is 0 Å². The first kappa shape index (κ1) is 62.9. The van der Waals surface area contributed by atoms with E-state index in [1.165, 1.54) is 153 Å². The Labute approximate surface area is 604 Å². The summed E-state index contributed by atoms with van der Waals surface area (Å²) in [6.07, 6.45) is 0. The zero-order valence-electron chi connectivity index (χ0n) is 59.4. The van der Waals surface area contributed by atoms with Gasteiger partial charge in [0.05, 0.1) is 11.4 Å². The maximum absolute atomic E-state index is 2.75. The molecule has 2 nitrogen and oxygen atoms in total. The maximum Gasteiger partial charge on any atom is 0.252 e. The zero-order valence-corrected chi connectivity index (χ0v) is 60.2. The van der Waals surface area contributed by atoms with Crippen LogP contribution in [0, 0.1) is 0 Å². The molecule has 0 N–H and O–H groups in total. The summed E-state index contributed by atoms with van der Waals surface area (Å²) in [7, 11) is 0. The fraction of sp³-hybridized carbons (Fsp3) is 0.122. The summed E-state index contributed by atoms with van der Waals surface area (Å²) in [5, 5.41) is 7.51. The first-order valence-electron chi connectivity index (χ1n) is 36.1. The average molecular weight is 1330 g/mol. The van der Waals surface area contributed by atoms with Gasteiger partial charge in [0.25, 0.3) is 6.71 Å². The molecule has 2 aliphatic rings. The lowest BCUT2D eigenvalue weighted by atomic mass is 9.33. The predicted molar refractivity (Wildman–Crippen MR) is 443 cm³/mol. The third-order valence-electron chi connectivity index (χ3n) is 21.7. The van der Waals surface area contributed by atoms with Crippen molar-refractivity contribution >= 4 is 110 Å². The number of benzene rings is 15. The van der Waals surface area contributed by atoms with Crippen LogP contribution in [0.5, 0.6) is 0 Å². The summed E-state index contributed by atoms with van der Waals surface area (Å²) in [6.45, 7) is 21.2. The number of thiophene rings is 1. The summed E-state index contributed by atoms with van der Waals surface area (Å²) in [5.41, 5.74) is 30.5. The Kier molecular flexibility index (Phi) is 14.9. The minimum absolute atomic E-state index is 0.179. The van der Waals surface area contributed by atoms with Gasteiger partial charge < -0.3 is 9.80 Å². The van der Waals surface area contributed by atoms with Crippen molar-refractivity contribution in [2.75, 3.05) is 9.80 Å². The van der Waals surface area contributed by atoms with Gasteiger partial charge >= 0.3 is 0 Å². The molecule has 3 heterocycles. The van der Waals surface area contributed by atoms with E-state index in [2.05, 4.69) is 388 Å². The minimum atomic E-state index is -0.318. The van der Waals surface area contributed by atoms with E-state index >= 15 is 0 Å². The van der Waals surface area contributed by atoms with Gasteiger partial charge in [-0.15, -0.1) is 11.3 Å². The summed E-state index contributed by atoms with van der Waals surface area (Å²) in [4.78, 5) is 5.49. The van der Waals surface area contributed by atoms with Crippen molar-refractivity contribution in [3.63, 3.8) is 0 Å². The quantitative estimate of drug-likeness (QED) is 0.105. The molecule has 0 spiro atoms. The highest BCUT2D eigenvalue weighted by Crippen LogP contribution is 2.56. The number of fused-ring (bicyclic) bond motifs is 9. The Morgan fingerprint density at radius 3 is 0.971 bits per heavy atom. The van der Waals surface area contributed by atoms with Crippen molar-refractivity contribution in [3.05, 3.63) is 332 Å². The molecule has 16 aromatic rings. The van der Waals surface area contributed by atoms with E-state index in [4.69, 9.17) is 0 Å². The molecule has 18 rings (SSSR count). The zero-order chi connectivity index (χ0) is 69.3. The van der Waals surface area contributed by atoms with Crippen LogP contribution in [0.15, 0.2) is 315 Å². The van der Waals surface area contributed by atoms with Gasteiger partial charge in [-0.05, 0) is 187 Å². The highest BCUT2D eigenvalue weighted by atomic mass is 32.1. The van der Waals surface area contributed by atoms with Crippen molar-refractivity contribution in [1.82, 2.24) is 0 Å². The van der Waals surface area contributed by atoms with Crippen LogP contribution in [0.25, 0.3) is 120 Å². The van der Waals surface area contributed by atoms with E-state index in [-0.39, 0.29) is 23.0 Å². The van der Waals surface area contributed by atoms with Gasteiger partial charge in [-0.1, -0.05) is 317 Å². The normalized spacial score (nSPS) is 12.9. The van der Waals surface area contributed by atoms with E-state index in [0.717, 1.165) is 33.9 Å². The molecule has 0 amide bonds. The largest absolute Gasteiger partial charge is 0.310 e. The fourth-order valence-corrected chi connectivity index (χ4v) is 17.6. The SMILES string of the molecule is CC(C)(C)c1cc(-c2ccccc2)c(N2c3cc(-c4ccc5c(c4)sc4ccccc45)ccc3B3c4ccc(-c5c6ccccc6c(-c6ccccc6)c6ccccc56)cc4N(c4c(-c5ccccc5)cc(C(C)(C)C)cc4-c4ccccc4)c4cc(C(C)(C)C)cc2c43)c(-c2ccccc2)c1. The van der Waals surface area contributed by atoms with E-state index in [1.807, 2.05) is 11.3 Å². The molecular formula is C98H79BN2S. The number of hydrogen-bond acceptors (Lipinski definition) is 3. The van der Waals surface area contributed by atoms with Gasteiger partial charge in [0.2, 0.25) is 0 Å². The van der Waals surface area contributed by atoms with Crippen LogP contribution in [0.4, 0.5) is 34.1 Å². The maximum atomic E-state index is 2.75. The van der Waals surface area contributed by atoms with E-state index in [1.54, 1.807) is 0 Å². The van der Waals surface area contributed by atoms with Crippen molar-refractivity contribution in [2.24, 2.45) is 0 Å². The second kappa shape index (κ2) is 24.2. The van der Waals surface area contributed by atoms with Crippen LogP contribution < -0.4 is 26.2 Å². The molecule has 0 fully saturated rings. The van der Waals surface area contributed by atoms with E-state index in [9.17, 15) is 0 Å². The van der Waals surface area contributed by atoms with Gasteiger partial charge in [-0.3, -0.25) is 0 Å². The van der Waals surface area contributed by atoms with Crippen LogP contribution in [0.1, 0.15) is 79.0 Å². The van der Waals surface area contributed by atoms with Crippen LogP contribution in [-0.2, 0) is 16.2 Å². The smallest absolute Gasteiger partial charge is 0.252 e. The second-order valence-corrected chi connectivity index (χ2v) is 32.2. The van der Waals surface area contributed by atoms with Gasteiger partial charge in [0.15, 0.2) is 0 Å².